The van der Waals surface area contributed by atoms with Crippen LogP contribution in [0.1, 0.15) is 37.9 Å². The van der Waals surface area contributed by atoms with Crippen molar-refractivity contribution in [3.8, 4) is 0 Å². The molecular weight excluding hydrogens is 234 g/mol. The lowest BCUT2D eigenvalue weighted by molar-refractivity contribution is 0.775. The van der Waals surface area contributed by atoms with E-state index in [9.17, 15) is 0 Å². The van der Waals surface area contributed by atoms with Crippen molar-refractivity contribution in [1.82, 2.24) is 10.3 Å². The first kappa shape index (κ1) is 15.7. The Hall–Kier alpha value is -1.35. The highest BCUT2D eigenvalue weighted by atomic mass is 15.2. The molecule has 0 radical (unpaired) electrons. The fraction of sp³-hybridized carbons (Fsp3) is 0.562. The van der Waals surface area contributed by atoms with Gasteiger partial charge in [0.15, 0.2) is 0 Å². The van der Waals surface area contributed by atoms with Crippen LogP contribution >= 0.6 is 0 Å². The molecule has 0 saturated heterocycles. The molecule has 0 aliphatic carbocycles. The van der Waals surface area contributed by atoms with Gasteiger partial charge in [-0.3, -0.25) is 0 Å². The summed E-state index contributed by atoms with van der Waals surface area (Å²) in [6, 6.07) is 4.40. The van der Waals surface area contributed by atoms with Crippen molar-refractivity contribution in [3.63, 3.8) is 0 Å². The molecule has 0 spiro atoms. The Morgan fingerprint density at radius 2 is 2.11 bits per heavy atom. The summed E-state index contributed by atoms with van der Waals surface area (Å²) in [6.45, 7) is 11.0. The van der Waals surface area contributed by atoms with Crippen LogP contribution in [-0.4, -0.2) is 25.1 Å². The van der Waals surface area contributed by atoms with Gasteiger partial charge in [-0.2, -0.15) is 0 Å². The molecule has 0 unspecified atom stereocenters. The largest absolute Gasteiger partial charge is 0.353 e. The smallest absolute Gasteiger partial charge is 0.129 e. The Kier molecular flexibility index (Phi) is 7.19. The van der Waals surface area contributed by atoms with E-state index in [0.717, 1.165) is 44.7 Å². The SMILES string of the molecule is C=CCN(CCC)c1cc(CNC)cc(CCC)n1. The Labute approximate surface area is 117 Å². The zero-order valence-electron chi connectivity index (χ0n) is 12.6. The maximum Gasteiger partial charge on any atom is 0.129 e. The van der Waals surface area contributed by atoms with Crippen LogP contribution in [0.2, 0.25) is 0 Å². The minimum atomic E-state index is 0.857. The minimum absolute atomic E-state index is 0.857. The molecule has 106 valence electrons. The van der Waals surface area contributed by atoms with E-state index < -0.39 is 0 Å². The molecule has 0 fully saturated rings. The fourth-order valence-electron chi connectivity index (χ4n) is 2.21. The van der Waals surface area contributed by atoms with Crippen molar-refractivity contribution < 1.29 is 0 Å². The summed E-state index contributed by atoms with van der Waals surface area (Å²) < 4.78 is 0. The zero-order chi connectivity index (χ0) is 14.1. The van der Waals surface area contributed by atoms with Gasteiger partial charge in [0.2, 0.25) is 0 Å². The van der Waals surface area contributed by atoms with Gasteiger partial charge in [0.25, 0.3) is 0 Å². The first-order valence-corrected chi connectivity index (χ1v) is 7.25. The molecule has 1 aromatic rings. The van der Waals surface area contributed by atoms with Gasteiger partial charge in [-0.1, -0.05) is 26.3 Å². The van der Waals surface area contributed by atoms with Crippen molar-refractivity contribution in [2.24, 2.45) is 0 Å². The molecule has 3 nitrogen and oxygen atoms in total. The normalized spacial score (nSPS) is 10.5. The van der Waals surface area contributed by atoms with E-state index in [1.165, 1.54) is 11.3 Å². The maximum absolute atomic E-state index is 4.79. The standard InChI is InChI=1S/C16H27N3/c1-5-8-15-11-14(13-17-4)12-16(18-15)19(9-6-2)10-7-3/h6,11-12,17H,2,5,7-10,13H2,1,3-4H3. The average molecular weight is 261 g/mol. The summed E-state index contributed by atoms with van der Waals surface area (Å²) in [6.07, 6.45) is 5.24. The van der Waals surface area contributed by atoms with Gasteiger partial charge in [-0.25, -0.2) is 4.98 Å². The number of rotatable bonds is 9. The summed E-state index contributed by atoms with van der Waals surface area (Å²) >= 11 is 0. The molecule has 0 amide bonds. The lowest BCUT2D eigenvalue weighted by Gasteiger charge is -2.23. The first-order valence-electron chi connectivity index (χ1n) is 7.25. The number of hydrogen-bond acceptors (Lipinski definition) is 3. The maximum atomic E-state index is 4.79. The topological polar surface area (TPSA) is 28.2 Å². The second kappa shape index (κ2) is 8.70. The molecular formula is C16H27N3. The minimum Gasteiger partial charge on any atom is -0.353 e. The number of aryl methyl sites for hydroxylation is 1. The van der Waals surface area contributed by atoms with Crippen molar-refractivity contribution in [2.45, 2.75) is 39.7 Å². The number of anilines is 1. The van der Waals surface area contributed by atoms with Crippen molar-refractivity contribution >= 4 is 5.82 Å². The van der Waals surface area contributed by atoms with E-state index in [1.54, 1.807) is 0 Å². The van der Waals surface area contributed by atoms with E-state index in [4.69, 9.17) is 4.98 Å². The molecule has 0 saturated carbocycles. The van der Waals surface area contributed by atoms with Gasteiger partial charge in [0.1, 0.15) is 5.82 Å². The summed E-state index contributed by atoms with van der Waals surface area (Å²) in [5, 5.41) is 3.22. The monoisotopic (exact) mass is 261 g/mol. The Balaban J connectivity index is 3.03. The van der Waals surface area contributed by atoms with Gasteiger partial charge in [-0.05, 0) is 37.6 Å². The van der Waals surface area contributed by atoms with Crippen molar-refractivity contribution in [2.75, 3.05) is 25.0 Å². The highest BCUT2D eigenvalue weighted by Crippen LogP contribution is 2.17. The molecule has 0 bridgehead atoms. The van der Waals surface area contributed by atoms with Crippen molar-refractivity contribution in [3.05, 3.63) is 36.0 Å². The average Bonchev–Trinajstić information content (AvgIpc) is 2.39. The summed E-state index contributed by atoms with van der Waals surface area (Å²) in [5.41, 5.74) is 2.50. The summed E-state index contributed by atoms with van der Waals surface area (Å²) in [7, 11) is 1.98. The molecule has 3 heteroatoms. The molecule has 1 heterocycles. The van der Waals surface area contributed by atoms with E-state index >= 15 is 0 Å². The Morgan fingerprint density at radius 3 is 2.68 bits per heavy atom. The Morgan fingerprint density at radius 1 is 1.32 bits per heavy atom. The number of hydrogen-bond donors (Lipinski definition) is 1. The fourth-order valence-corrected chi connectivity index (χ4v) is 2.21. The third-order valence-corrected chi connectivity index (χ3v) is 2.98. The number of pyridine rings is 1. The molecule has 19 heavy (non-hydrogen) atoms. The molecule has 0 atom stereocenters. The van der Waals surface area contributed by atoms with E-state index in [-0.39, 0.29) is 0 Å². The van der Waals surface area contributed by atoms with Crippen LogP contribution in [0.15, 0.2) is 24.8 Å². The van der Waals surface area contributed by atoms with Crippen LogP contribution in [0.4, 0.5) is 5.82 Å². The van der Waals surface area contributed by atoms with Gasteiger partial charge in [0.05, 0.1) is 0 Å². The van der Waals surface area contributed by atoms with Crippen LogP contribution in [0.25, 0.3) is 0 Å². The van der Waals surface area contributed by atoms with Crippen LogP contribution in [0.3, 0.4) is 0 Å². The lowest BCUT2D eigenvalue weighted by Crippen LogP contribution is -2.25. The van der Waals surface area contributed by atoms with Crippen LogP contribution < -0.4 is 10.2 Å². The molecule has 0 aromatic carbocycles. The molecule has 0 aliphatic heterocycles. The third-order valence-electron chi connectivity index (χ3n) is 2.98. The number of nitrogens with one attached hydrogen (secondary N) is 1. The quantitative estimate of drug-likeness (QED) is 0.692. The van der Waals surface area contributed by atoms with E-state index in [2.05, 4.69) is 42.8 Å². The molecule has 1 N–H and O–H groups in total. The lowest BCUT2D eigenvalue weighted by atomic mass is 10.1. The highest BCUT2D eigenvalue weighted by Gasteiger charge is 2.08. The number of nitrogens with zero attached hydrogens (tertiary/aromatic N) is 2. The zero-order valence-corrected chi connectivity index (χ0v) is 12.6. The molecule has 1 aromatic heterocycles. The van der Waals surface area contributed by atoms with Gasteiger partial charge < -0.3 is 10.2 Å². The summed E-state index contributed by atoms with van der Waals surface area (Å²) in [4.78, 5) is 7.09. The van der Waals surface area contributed by atoms with Crippen LogP contribution in [0, 0.1) is 0 Å². The van der Waals surface area contributed by atoms with Gasteiger partial charge in [-0.15, -0.1) is 6.58 Å². The first-order chi connectivity index (χ1) is 9.24. The highest BCUT2D eigenvalue weighted by molar-refractivity contribution is 5.43. The molecule has 1 rings (SSSR count). The van der Waals surface area contributed by atoms with E-state index in [1.807, 2.05) is 13.1 Å². The molecule has 0 aliphatic rings. The van der Waals surface area contributed by atoms with Crippen molar-refractivity contribution in [1.29, 1.82) is 0 Å². The van der Waals surface area contributed by atoms with Gasteiger partial charge in [0, 0.05) is 25.3 Å². The number of aromatic nitrogens is 1. The third kappa shape index (κ3) is 5.03. The van der Waals surface area contributed by atoms with Crippen LogP contribution in [0.5, 0.6) is 0 Å². The van der Waals surface area contributed by atoms with Gasteiger partial charge >= 0.3 is 0 Å². The second-order valence-electron chi connectivity index (χ2n) is 4.84. The summed E-state index contributed by atoms with van der Waals surface area (Å²) in [5.74, 6) is 1.08. The van der Waals surface area contributed by atoms with E-state index in [0.29, 0.717) is 0 Å². The predicted octanol–water partition coefficient (Wildman–Crippen LogP) is 3.16. The predicted molar refractivity (Wildman–Crippen MR) is 83.7 cm³/mol. The Bertz CT molecular complexity index is 363. The second-order valence-corrected chi connectivity index (χ2v) is 4.84. The van der Waals surface area contributed by atoms with Crippen LogP contribution in [-0.2, 0) is 13.0 Å².